The summed E-state index contributed by atoms with van der Waals surface area (Å²) in [5, 5.41) is 10.6. The summed E-state index contributed by atoms with van der Waals surface area (Å²) in [5.41, 5.74) is 2.15. The minimum absolute atomic E-state index is 0.0316. The minimum atomic E-state index is -0.281. The number of amides is 1. The fraction of sp³-hybridized carbons (Fsp3) is 0.263. The average Bonchev–Trinajstić information content (AvgIpc) is 3.10. The molecule has 8 nitrogen and oxygen atoms in total. The van der Waals surface area contributed by atoms with E-state index in [0.29, 0.717) is 30.2 Å². The first-order valence-electron chi connectivity index (χ1n) is 8.83. The van der Waals surface area contributed by atoms with Crippen LogP contribution in [0.25, 0.3) is 5.82 Å². The molecular formula is C19H20N6O2. The second kappa shape index (κ2) is 7.06. The molecule has 0 spiro atoms. The highest BCUT2D eigenvalue weighted by molar-refractivity contribution is 5.95. The molecule has 138 valence electrons. The molecule has 0 atom stereocenters. The Hall–Kier alpha value is -3.42. The lowest BCUT2D eigenvalue weighted by Gasteiger charge is -2.36. The summed E-state index contributed by atoms with van der Waals surface area (Å²) in [5.74, 6) is 0.441. The Morgan fingerprint density at radius 3 is 2.44 bits per heavy atom. The van der Waals surface area contributed by atoms with Crippen molar-refractivity contribution in [3.63, 3.8) is 0 Å². The van der Waals surface area contributed by atoms with Crippen molar-refractivity contribution in [2.75, 3.05) is 31.1 Å². The van der Waals surface area contributed by atoms with E-state index in [4.69, 9.17) is 0 Å². The molecular weight excluding hydrogens is 344 g/mol. The third-order valence-electron chi connectivity index (χ3n) is 4.81. The standard InChI is InChI=1S/C19H20N6O2/c1-14-16(13-20-25(14)17-7-8-18(26)22-21-17)19(27)24-11-9-23(10-12-24)15-5-3-2-4-6-15/h2-8,13H,9-12H2,1H3,(H,22,26). The molecule has 1 aliphatic heterocycles. The molecule has 1 aromatic carbocycles. The third-order valence-corrected chi connectivity index (χ3v) is 4.81. The molecule has 0 saturated carbocycles. The van der Waals surface area contributed by atoms with Crippen LogP contribution in [0.3, 0.4) is 0 Å². The molecule has 0 bridgehead atoms. The molecule has 0 aliphatic carbocycles. The predicted molar refractivity (Wildman–Crippen MR) is 101 cm³/mol. The molecule has 1 amide bonds. The molecule has 3 aromatic rings. The quantitative estimate of drug-likeness (QED) is 0.755. The number of rotatable bonds is 3. The average molecular weight is 364 g/mol. The first-order valence-corrected chi connectivity index (χ1v) is 8.83. The summed E-state index contributed by atoms with van der Waals surface area (Å²) in [6.45, 7) is 4.74. The highest BCUT2D eigenvalue weighted by Gasteiger charge is 2.25. The van der Waals surface area contributed by atoms with E-state index in [2.05, 4.69) is 32.3 Å². The molecule has 1 fully saturated rings. The number of aromatic nitrogens is 4. The maximum Gasteiger partial charge on any atom is 0.264 e. The maximum absolute atomic E-state index is 12.9. The predicted octanol–water partition coefficient (Wildman–Crippen LogP) is 1.23. The number of benzene rings is 1. The Morgan fingerprint density at radius 2 is 1.78 bits per heavy atom. The summed E-state index contributed by atoms with van der Waals surface area (Å²) < 4.78 is 1.56. The SMILES string of the molecule is Cc1c(C(=O)N2CCN(c3ccccc3)CC2)cnn1-c1ccc(=O)[nH]n1. The Bertz CT molecular complexity index is 982. The van der Waals surface area contributed by atoms with Gasteiger partial charge in [0.25, 0.3) is 11.5 Å². The summed E-state index contributed by atoms with van der Waals surface area (Å²) in [6, 6.07) is 13.2. The summed E-state index contributed by atoms with van der Waals surface area (Å²) in [7, 11) is 0. The monoisotopic (exact) mass is 364 g/mol. The van der Waals surface area contributed by atoms with Gasteiger partial charge in [-0.2, -0.15) is 10.2 Å². The summed E-state index contributed by atoms with van der Waals surface area (Å²) >= 11 is 0. The van der Waals surface area contributed by atoms with Gasteiger partial charge in [0.15, 0.2) is 5.82 Å². The van der Waals surface area contributed by atoms with E-state index < -0.39 is 0 Å². The van der Waals surface area contributed by atoms with E-state index >= 15 is 0 Å². The van der Waals surface area contributed by atoms with Crippen LogP contribution >= 0.6 is 0 Å². The number of piperazine rings is 1. The van der Waals surface area contributed by atoms with Gasteiger partial charge < -0.3 is 9.80 Å². The Labute approximate surface area is 156 Å². The zero-order valence-corrected chi connectivity index (χ0v) is 15.0. The van der Waals surface area contributed by atoms with Crippen LogP contribution in [0.2, 0.25) is 0 Å². The molecule has 1 saturated heterocycles. The van der Waals surface area contributed by atoms with E-state index in [1.165, 1.54) is 11.8 Å². The largest absolute Gasteiger partial charge is 0.368 e. The number of anilines is 1. The van der Waals surface area contributed by atoms with E-state index in [9.17, 15) is 9.59 Å². The maximum atomic E-state index is 12.9. The van der Waals surface area contributed by atoms with Crippen molar-refractivity contribution in [1.29, 1.82) is 0 Å². The van der Waals surface area contributed by atoms with Gasteiger partial charge in [-0.25, -0.2) is 9.78 Å². The van der Waals surface area contributed by atoms with Crippen molar-refractivity contribution in [1.82, 2.24) is 24.9 Å². The number of nitrogens with zero attached hydrogens (tertiary/aromatic N) is 5. The number of carbonyl (C=O) groups excluding carboxylic acids is 1. The lowest BCUT2D eigenvalue weighted by Crippen LogP contribution is -2.48. The van der Waals surface area contributed by atoms with E-state index in [1.54, 1.807) is 16.9 Å². The van der Waals surface area contributed by atoms with Crippen LogP contribution in [0, 0.1) is 6.92 Å². The molecule has 27 heavy (non-hydrogen) atoms. The number of carbonyl (C=O) groups is 1. The zero-order valence-electron chi connectivity index (χ0n) is 15.0. The van der Waals surface area contributed by atoms with Crippen LogP contribution in [-0.2, 0) is 0 Å². The minimum Gasteiger partial charge on any atom is -0.368 e. The number of hydrogen-bond acceptors (Lipinski definition) is 5. The summed E-state index contributed by atoms with van der Waals surface area (Å²) in [6.07, 6.45) is 1.56. The van der Waals surface area contributed by atoms with Crippen molar-refractivity contribution >= 4 is 11.6 Å². The van der Waals surface area contributed by atoms with Gasteiger partial charge in [-0.3, -0.25) is 9.59 Å². The lowest BCUT2D eigenvalue weighted by molar-refractivity contribution is 0.0746. The molecule has 0 radical (unpaired) electrons. The molecule has 0 unspecified atom stereocenters. The fourth-order valence-corrected chi connectivity index (χ4v) is 3.28. The number of hydrogen-bond donors (Lipinski definition) is 1. The van der Waals surface area contributed by atoms with Gasteiger partial charge in [-0.1, -0.05) is 18.2 Å². The van der Waals surface area contributed by atoms with Gasteiger partial charge in [0.1, 0.15) is 0 Å². The third kappa shape index (κ3) is 3.33. The summed E-state index contributed by atoms with van der Waals surface area (Å²) in [4.78, 5) is 28.3. The Morgan fingerprint density at radius 1 is 1.04 bits per heavy atom. The van der Waals surface area contributed by atoms with Gasteiger partial charge in [0, 0.05) is 37.9 Å². The number of aromatic amines is 1. The van der Waals surface area contributed by atoms with Crippen molar-refractivity contribution < 1.29 is 4.79 Å². The zero-order chi connectivity index (χ0) is 18.8. The van der Waals surface area contributed by atoms with Gasteiger partial charge in [0.05, 0.1) is 17.5 Å². The number of para-hydroxylation sites is 1. The van der Waals surface area contributed by atoms with Crippen LogP contribution in [0.15, 0.2) is 53.5 Å². The Kier molecular flexibility index (Phi) is 4.45. The highest BCUT2D eigenvalue weighted by atomic mass is 16.2. The molecule has 1 aliphatic rings. The molecule has 1 N–H and O–H groups in total. The van der Waals surface area contributed by atoms with Crippen molar-refractivity contribution in [2.45, 2.75) is 6.92 Å². The van der Waals surface area contributed by atoms with Crippen LogP contribution in [-0.4, -0.2) is 57.0 Å². The van der Waals surface area contributed by atoms with Crippen LogP contribution < -0.4 is 10.5 Å². The van der Waals surface area contributed by atoms with Crippen molar-refractivity contribution in [2.24, 2.45) is 0 Å². The Balaban J connectivity index is 1.48. The van der Waals surface area contributed by atoms with Crippen molar-refractivity contribution in [3.05, 3.63) is 70.3 Å². The first-order chi connectivity index (χ1) is 13.1. The second-order valence-corrected chi connectivity index (χ2v) is 6.45. The van der Waals surface area contributed by atoms with E-state index in [0.717, 1.165) is 13.1 Å². The topological polar surface area (TPSA) is 87.1 Å². The molecule has 2 aromatic heterocycles. The van der Waals surface area contributed by atoms with Crippen LogP contribution in [0.5, 0.6) is 0 Å². The van der Waals surface area contributed by atoms with E-state index in [1.807, 2.05) is 30.0 Å². The highest BCUT2D eigenvalue weighted by Crippen LogP contribution is 2.18. The first kappa shape index (κ1) is 17.0. The fourth-order valence-electron chi connectivity index (χ4n) is 3.28. The van der Waals surface area contributed by atoms with Crippen LogP contribution in [0.4, 0.5) is 5.69 Å². The molecule has 3 heterocycles. The molecule has 8 heteroatoms. The van der Waals surface area contributed by atoms with Gasteiger partial charge in [-0.05, 0) is 25.1 Å². The van der Waals surface area contributed by atoms with Gasteiger partial charge in [0.2, 0.25) is 0 Å². The van der Waals surface area contributed by atoms with Gasteiger partial charge >= 0.3 is 0 Å². The molecule has 4 rings (SSSR count). The smallest absolute Gasteiger partial charge is 0.264 e. The van der Waals surface area contributed by atoms with E-state index in [-0.39, 0.29) is 11.5 Å². The van der Waals surface area contributed by atoms with Gasteiger partial charge in [-0.15, -0.1) is 0 Å². The second-order valence-electron chi connectivity index (χ2n) is 6.45. The van der Waals surface area contributed by atoms with Crippen LogP contribution in [0.1, 0.15) is 16.1 Å². The van der Waals surface area contributed by atoms with Crippen molar-refractivity contribution in [3.8, 4) is 5.82 Å². The lowest BCUT2D eigenvalue weighted by atomic mass is 10.2. The normalized spacial score (nSPS) is 14.4. The number of nitrogens with one attached hydrogen (secondary N) is 1. The number of H-pyrrole nitrogens is 1.